The van der Waals surface area contributed by atoms with Crippen LogP contribution in [0.15, 0.2) is 0 Å². The number of hydrogen-bond acceptors (Lipinski definition) is 2. The lowest BCUT2D eigenvalue weighted by molar-refractivity contribution is 1.14. The fourth-order valence-electron chi connectivity index (χ4n) is 0.979. The van der Waals surface area contributed by atoms with Crippen LogP contribution in [0, 0.1) is 18.3 Å². The van der Waals surface area contributed by atoms with Gasteiger partial charge in [0.1, 0.15) is 16.1 Å². The Kier molecular flexibility index (Phi) is 3.86. The van der Waals surface area contributed by atoms with E-state index in [9.17, 15) is 0 Å². The molecule has 0 fully saturated rings. The van der Waals surface area contributed by atoms with E-state index in [1.54, 1.807) is 6.92 Å². The summed E-state index contributed by atoms with van der Waals surface area (Å²) in [6.07, 6.45) is 0. The standard InChI is InChI=1S/C8H4Cl4N2/c1-3-6(9)5(7(10)11)4(2-13)8(12)14-3/h7H,1H3. The highest BCUT2D eigenvalue weighted by atomic mass is 35.5. The molecule has 0 radical (unpaired) electrons. The first kappa shape index (κ1) is 11.9. The van der Waals surface area contributed by atoms with Gasteiger partial charge in [-0.1, -0.05) is 46.4 Å². The van der Waals surface area contributed by atoms with Gasteiger partial charge in [-0.15, -0.1) is 0 Å². The quantitative estimate of drug-likeness (QED) is 0.570. The van der Waals surface area contributed by atoms with Crippen LogP contribution in [0.1, 0.15) is 21.7 Å². The smallest absolute Gasteiger partial charge is 0.147 e. The molecule has 1 aromatic heterocycles. The van der Waals surface area contributed by atoms with E-state index in [-0.39, 0.29) is 15.7 Å². The van der Waals surface area contributed by atoms with Crippen molar-refractivity contribution in [3.8, 4) is 6.07 Å². The van der Waals surface area contributed by atoms with Gasteiger partial charge in [0, 0.05) is 5.56 Å². The molecule has 74 valence electrons. The van der Waals surface area contributed by atoms with Gasteiger partial charge in [0.25, 0.3) is 0 Å². The van der Waals surface area contributed by atoms with Crippen molar-refractivity contribution in [2.24, 2.45) is 0 Å². The Morgan fingerprint density at radius 2 is 1.93 bits per heavy atom. The number of hydrogen-bond donors (Lipinski definition) is 0. The van der Waals surface area contributed by atoms with Crippen LogP contribution in [0.3, 0.4) is 0 Å². The molecule has 0 spiro atoms. The molecule has 1 heterocycles. The summed E-state index contributed by atoms with van der Waals surface area (Å²) >= 11 is 23.0. The molecule has 0 atom stereocenters. The number of nitriles is 1. The van der Waals surface area contributed by atoms with Crippen molar-refractivity contribution in [1.29, 1.82) is 5.26 Å². The van der Waals surface area contributed by atoms with Crippen LogP contribution < -0.4 is 0 Å². The highest BCUT2D eigenvalue weighted by molar-refractivity contribution is 6.46. The summed E-state index contributed by atoms with van der Waals surface area (Å²) in [7, 11) is 0. The minimum Gasteiger partial charge on any atom is -0.238 e. The Balaban J connectivity index is 3.59. The monoisotopic (exact) mass is 268 g/mol. The van der Waals surface area contributed by atoms with Crippen LogP contribution in [0.4, 0.5) is 0 Å². The third-order valence-electron chi connectivity index (χ3n) is 1.63. The molecule has 6 heteroatoms. The van der Waals surface area contributed by atoms with Crippen LogP contribution in [0.2, 0.25) is 10.2 Å². The number of pyridine rings is 1. The predicted octanol–water partition coefficient (Wildman–Crippen LogP) is 4.04. The summed E-state index contributed by atoms with van der Waals surface area (Å²) in [5.74, 6) is 0. The summed E-state index contributed by atoms with van der Waals surface area (Å²) in [5.41, 5.74) is 0.934. The summed E-state index contributed by atoms with van der Waals surface area (Å²) in [5, 5.41) is 9.16. The number of nitrogens with zero attached hydrogens (tertiary/aromatic N) is 2. The Morgan fingerprint density at radius 3 is 2.36 bits per heavy atom. The maximum atomic E-state index is 8.81. The number of alkyl halides is 2. The van der Waals surface area contributed by atoms with Gasteiger partial charge in [0.05, 0.1) is 16.3 Å². The molecule has 1 aromatic rings. The molecule has 0 aliphatic heterocycles. The number of rotatable bonds is 1. The third kappa shape index (κ3) is 2.07. The molecular formula is C8H4Cl4N2. The first-order valence-electron chi connectivity index (χ1n) is 3.52. The maximum Gasteiger partial charge on any atom is 0.147 e. The van der Waals surface area contributed by atoms with Gasteiger partial charge in [-0.05, 0) is 6.92 Å². The van der Waals surface area contributed by atoms with Crippen LogP contribution in [0.25, 0.3) is 0 Å². The topological polar surface area (TPSA) is 36.7 Å². The van der Waals surface area contributed by atoms with Crippen molar-refractivity contribution < 1.29 is 0 Å². The van der Waals surface area contributed by atoms with Crippen molar-refractivity contribution in [3.63, 3.8) is 0 Å². The van der Waals surface area contributed by atoms with Gasteiger partial charge in [-0.25, -0.2) is 4.98 Å². The maximum absolute atomic E-state index is 8.81. The van der Waals surface area contributed by atoms with E-state index in [1.165, 1.54) is 0 Å². The van der Waals surface area contributed by atoms with Crippen LogP contribution >= 0.6 is 46.4 Å². The lowest BCUT2D eigenvalue weighted by atomic mass is 10.1. The number of aryl methyl sites for hydroxylation is 1. The molecule has 0 aromatic carbocycles. The second-order valence-electron chi connectivity index (χ2n) is 2.50. The van der Waals surface area contributed by atoms with Crippen LogP contribution in [-0.2, 0) is 0 Å². The zero-order chi connectivity index (χ0) is 10.9. The number of aromatic nitrogens is 1. The fraction of sp³-hybridized carbons (Fsp3) is 0.250. The zero-order valence-corrected chi connectivity index (χ0v) is 10.0. The lowest BCUT2D eigenvalue weighted by Gasteiger charge is -2.10. The average Bonchev–Trinajstić information content (AvgIpc) is 2.10. The summed E-state index contributed by atoms with van der Waals surface area (Å²) in [4.78, 5) is 2.99. The first-order valence-corrected chi connectivity index (χ1v) is 5.15. The van der Waals surface area contributed by atoms with Crippen LogP contribution in [-0.4, -0.2) is 4.98 Å². The van der Waals surface area contributed by atoms with Crippen molar-refractivity contribution in [1.82, 2.24) is 4.98 Å². The molecule has 0 aliphatic rings. The van der Waals surface area contributed by atoms with E-state index in [2.05, 4.69) is 4.98 Å². The van der Waals surface area contributed by atoms with Gasteiger partial charge in [0.15, 0.2) is 0 Å². The second-order valence-corrected chi connectivity index (χ2v) is 4.34. The summed E-state index contributed by atoms with van der Waals surface area (Å²) in [6.45, 7) is 1.66. The van der Waals surface area contributed by atoms with Crippen LogP contribution in [0.5, 0.6) is 0 Å². The predicted molar refractivity (Wildman–Crippen MR) is 58.2 cm³/mol. The third-order valence-corrected chi connectivity index (χ3v) is 2.81. The van der Waals surface area contributed by atoms with E-state index in [0.29, 0.717) is 11.3 Å². The largest absolute Gasteiger partial charge is 0.238 e. The van der Waals surface area contributed by atoms with Gasteiger partial charge < -0.3 is 0 Å². The molecule has 0 bridgehead atoms. The molecule has 2 nitrogen and oxygen atoms in total. The zero-order valence-electron chi connectivity index (χ0n) is 6.98. The lowest BCUT2D eigenvalue weighted by Crippen LogP contribution is -1.98. The second kappa shape index (κ2) is 4.55. The first-order chi connectivity index (χ1) is 6.49. The molecular weight excluding hydrogens is 266 g/mol. The Labute approximate surface area is 101 Å². The molecule has 1 rings (SSSR count). The number of halogens is 4. The van der Waals surface area contributed by atoms with Gasteiger partial charge >= 0.3 is 0 Å². The molecule has 0 saturated heterocycles. The minimum atomic E-state index is -0.892. The Bertz CT molecular complexity index is 409. The molecule has 0 N–H and O–H groups in total. The highest BCUT2D eigenvalue weighted by Gasteiger charge is 2.20. The van der Waals surface area contributed by atoms with Gasteiger partial charge in [0.2, 0.25) is 0 Å². The highest BCUT2D eigenvalue weighted by Crippen LogP contribution is 2.37. The molecule has 0 aliphatic carbocycles. The fourth-order valence-corrected chi connectivity index (χ4v) is 2.04. The van der Waals surface area contributed by atoms with E-state index in [0.717, 1.165) is 0 Å². The normalized spacial score (nSPS) is 10.4. The molecule has 0 unspecified atom stereocenters. The van der Waals surface area contributed by atoms with Crippen molar-refractivity contribution in [3.05, 3.63) is 27.0 Å². The van der Waals surface area contributed by atoms with Gasteiger partial charge in [-0.2, -0.15) is 5.26 Å². The minimum absolute atomic E-state index is 0.0655. The molecule has 14 heavy (non-hydrogen) atoms. The van der Waals surface area contributed by atoms with E-state index >= 15 is 0 Å². The molecule has 0 amide bonds. The molecule has 0 saturated carbocycles. The van der Waals surface area contributed by atoms with E-state index in [1.807, 2.05) is 6.07 Å². The van der Waals surface area contributed by atoms with Crippen molar-refractivity contribution in [2.45, 2.75) is 11.8 Å². The van der Waals surface area contributed by atoms with E-state index < -0.39 is 4.84 Å². The van der Waals surface area contributed by atoms with Crippen molar-refractivity contribution in [2.75, 3.05) is 0 Å². The SMILES string of the molecule is Cc1nc(Cl)c(C#N)c(C(Cl)Cl)c1Cl. The van der Waals surface area contributed by atoms with Crippen molar-refractivity contribution >= 4 is 46.4 Å². The van der Waals surface area contributed by atoms with Gasteiger partial charge in [-0.3, -0.25) is 0 Å². The summed E-state index contributed by atoms with van der Waals surface area (Å²) < 4.78 is 0. The Hall–Kier alpha value is -0.200. The average molecular weight is 270 g/mol. The Morgan fingerprint density at radius 1 is 1.36 bits per heavy atom. The summed E-state index contributed by atoms with van der Waals surface area (Å²) in [6, 6.07) is 1.87. The van der Waals surface area contributed by atoms with E-state index in [4.69, 9.17) is 51.7 Å².